The van der Waals surface area contributed by atoms with E-state index in [0.29, 0.717) is 12.2 Å². The second-order valence-electron chi connectivity index (χ2n) is 9.61. The maximum Gasteiger partial charge on any atom is 0.370 e. The molecule has 0 spiro atoms. The molecular formula is C30H31NO8S. The number of aliphatic hydroxyl groups excluding tert-OH is 1. The quantitative estimate of drug-likeness (QED) is 0.282. The highest BCUT2D eigenvalue weighted by Gasteiger charge is 2.32. The Labute approximate surface area is 233 Å². The summed E-state index contributed by atoms with van der Waals surface area (Å²) in [6, 6.07) is 20.3. The van der Waals surface area contributed by atoms with Gasteiger partial charge in [0.2, 0.25) is 22.1 Å². The predicted octanol–water partition coefficient (Wildman–Crippen LogP) is 3.76. The Kier molecular flexibility index (Phi) is 8.22. The van der Waals surface area contributed by atoms with E-state index in [9.17, 15) is 23.4 Å². The molecule has 0 aromatic heterocycles. The molecule has 210 valence electrons. The topological polar surface area (TPSA) is 123 Å². The zero-order valence-corrected chi connectivity index (χ0v) is 22.8. The number of aliphatic carboxylic acids is 1. The zero-order valence-electron chi connectivity index (χ0n) is 22.0. The zero-order chi connectivity index (χ0) is 28.3. The van der Waals surface area contributed by atoms with Crippen molar-refractivity contribution in [1.82, 2.24) is 4.31 Å². The van der Waals surface area contributed by atoms with E-state index in [0.717, 1.165) is 27.4 Å². The predicted molar refractivity (Wildman–Crippen MR) is 147 cm³/mol. The highest BCUT2D eigenvalue weighted by Crippen LogP contribution is 2.42. The molecule has 0 saturated heterocycles. The monoisotopic (exact) mass is 565 g/mol. The van der Waals surface area contributed by atoms with Crippen molar-refractivity contribution in [2.24, 2.45) is 0 Å². The van der Waals surface area contributed by atoms with Crippen LogP contribution in [0.15, 0.2) is 83.5 Å². The number of carboxylic acids is 1. The first-order chi connectivity index (χ1) is 19.3. The van der Waals surface area contributed by atoms with E-state index in [1.165, 1.54) is 30.4 Å². The number of carbonyl (C=O) groups is 1. The minimum absolute atomic E-state index is 0.0540. The number of nitrogens with zero attached hydrogens (tertiary/aromatic N) is 1. The molecule has 0 saturated carbocycles. The highest BCUT2D eigenvalue weighted by molar-refractivity contribution is 7.89. The van der Waals surface area contributed by atoms with Gasteiger partial charge in [0.15, 0.2) is 0 Å². The third-order valence-corrected chi connectivity index (χ3v) is 9.16. The number of methoxy groups -OCH3 is 1. The molecule has 5 rings (SSSR count). The lowest BCUT2D eigenvalue weighted by Gasteiger charge is -2.30. The van der Waals surface area contributed by atoms with Gasteiger partial charge in [-0.25, -0.2) is 13.2 Å². The van der Waals surface area contributed by atoms with Crippen molar-refractivity contribution in [2.45, 2.75) is 29.9 Å². The van der Waals surface area contributed by atoms with E-state index in [1.807, 2.05) is 24.3 Å². The first-order valence-electron chi connectivity index (χ1n) is 13.0. The van der Waals surface area contributed by atoms with Gasteiger partial charge in [-0.2, -0.15) is 4.31 Å². The number of ether oxygens (including phenoxy) is 3. The molecule has 40 heavy (non-hydrogen) atoms. The summed E-state index contributed by atoms with van der Waals surface area (Å²) >= 11 is 0. The molecule has 10 heteroatoms. The number of allylic oxidation sites excluding steroid dienone is 1. The van der Waals surface area contributed by atoms with Gasteiger partial charge in [-0.05, 0) is 64.6 Å². The molecule has 1 heterocycles. The third-order valence-electron chi connectivity index (χ3n) is 7.25. The summed E-state index contributed by atoms with van der Waals surface area (Å²) in [5.74, 6) is -1.13. The van der Waals surface area contributed by atoms with Crippen LogP contribution in [0.1, 0.15) is 29.0 Å². The van der Waals surface area contributed by atoms with E-state index < -0.39 is 22.3 Å². The summed E-state index contributed by atoms with van der Waals surface area (Å²) in [5, 5.41) is 19.2. The molecule has 0 radical (unpaired) electrons. The molecule has 3 aromatic carbocycles. The summed E-state index contributed by atoms with van der Waals surface area (Å²) < 4.78 is 44.1. The highest BCUT2D eigenvalue weighted by atomic mass is 32.2. The van der Waals surface area contributed by atoms with Crippen LogP contribution in [0.2, 0.25) is 0 Å². The lowest BCUT2D eigenvalue weighted by Crippen LogP contribution is -2.37. The smallest absolute Gasteiger partial charge is 0.370 e. The van der Waals surface area contributed by atoms with E-state index in [2.05, 4.69) is 18.2 Å². The molecule has 0 bridgehead atoms. The average Bonchev–Trinajstić information content (AvgIpc) is 3.35. The number of benzene rings is 3. The molecule has 2 N–H and O–H groups in total. The van der Waals surface area contributed by atoms with Crippen LogP contribution < -0.4 is 4.74 Å². The maximum atomic E-state index is 13.2. The van der Waals surface area contributed by atoms with E-state index in [-0.39, 0.29) is 42.9 Å². The lowest BCUT2D eigenvalue weighted by molar-refractivity contribution is -0.157. The fraction of sp³-hybridized carbons (Fsp3) is 0.300. The lowest BCUT2D eigenvalue weighted by atomic mass is 9.87. The van der Waals surface area contributed by atoms with Crippen LogP contribution in [0.5, 0.6) is 5.75 Å². The van der Waals surface area contributed by atoms with Crippen LogP contribution in [-0.2, 0) is 30.7 Å². The van der Waals surface area contributed by atoms with Gasteiger partial charge in [-0.3, -0.25) is 0 Å². The first-order valence-corrected chi connectivity index (χ1v) is 14.4. The van der Waals surface area contributed by atoms with Gasteiger partial charge in [0.25, 0.3) is 0 Å². The molecule has 0 fully saturated rings. The summed E-state index contributed by atoms with van der Waals surface area (Å²) in [6.45, 7) is -0.604. The summed E-state index contributed by atoms with van der Waals surface area (Å²) in [7, 11) is -2.42. The summed E-state index contributed by atoms with van der Waals surface area (Å²) in [6.07, 6.45) is 1.86. The third kappa shape index (κ3) is 5.62. The second-order valence-corrected chi connectivity index (χ2v) is 11.5. The van der Waals surface area contributed by atoms with Gasteiger partial charge in [-0.15, -0.1) is 0 Å². The molecule has 3 aromatic rings. The van der Waals surface area contributed by atoms with Gasteiger partial charge in [0, 0.05) is 25.4 Å². The minimum Gasteiger partial charge on any atom is -0.497 e. The molecule has 0 unspecified atom stereocenters. The Morgan fingerprint density at radius 2 is 1.77 bits per heavy atom. The normalized spacial score (nSPS) is 18.0. The van der Waals surface area contributed by atoms with E-state index in [4.69, 9.17) is 14.2 Å². The van der Waals surface area contributed by atoms with E-state index in [1.54, 1.807) is 18.2 Å². The largest absolute Gasteiger partial charge is 0.497 e. The fourth-order valence-electron chi connectivity index (χ4n) is 5.30. The van der Waals surface area contributed by atoms with Crippen molar-refractivity contribution in [3.63, 3.8) is 0 Å². The molecule has 9 nitrogen and oxygen atoms in total. The molecule has 2 aliphatic rings. The average molecular weight is 566 g/mol. The molecular weight excluding hydrogens is 534 g/mol. The van der Waals surface area contributed by atoms with Crippen LogP contribution >= 0.6 is 0 Å². The SMILES string of the molecule is COc1ccc(S(=O)(=O)N(CCO)CCO[C@@H]2C[C@H](c3cccc4c3Cc3ccccc3-4)C=C(C(=O)O)O2)cc1. The minimum atomic E-state index is -3.91. The fourth-order valence-corrected chi connectivity index (χ4v) is 6.72. The standard InChI is InChI=1S/C30H31NO8S/c1-37-22-9-11-23(12-10-22)40(35,36)31(13-15-32)14-16-38-29-19-21(18-28(39-29)30(33)34)25-7-4-8-26-24-6-3-2-5-20(24)17-27(25)26/h2-12,18,21,29,32H,13-17,19H2,1H3,(H,33,34)/t21-,29+/m1/s1. The summed E-state index contributed by atoms with van der Waals surface area (Å²) in [5.41, 5.74) is 5.74. The van der Waals surface area contributed by atoms with Gasteiger partial charge in [0.1, 0.15) is 5.75 Å². The second kappa shape index (κ2) is 11.8. The van der Waals surface area contributed by atoms with Crippen molar-refractivity contribution in [3.8, 4) is 16.9 Å². The Balaban J connectivity index is 1.31. The Hall–Kier alpha value is -3.70. The van der Waals surface area contributed by atoms with Gasteiger partial charge in [0.05, 0.1) is 25.2 Å². The molecule has 2 atom stereocenters. The van der Waals surface area contributed by atoms with Gasteiger partial charge in [-0.1, -0.05) is 42.5 Å². The molecule has 0 amide bonds. The van der Waals surface area contributed by atoms with Crippen molar-refractivity contribution in [1.29, 1.82) is 0 Å². The van der Waals surface area contributed by atoms with Crippen molar-refractivity contribution < 1.29 is 37.6 Å². The van der Waals surface area contributed by atoms with Crippen molar-refractivity contribution >= 4 is 16.0 Å². The molecule has 1 aliphatic heterocycles. The van der Waals surface area contributed by atoms with Crippen LogP contribution in [0.4, 0.5) is 0 Å². The Bertz CT molecular complexity index is 1520. The number of fused-ring (bicyclic) bond motifs is 3. The number of hydrogen-bond donors (Lipinski definition) is 2. The number of carboxylic acid groups (broad SMARTS) is 1. The van der Waals surface area contributed by atoms with Crippen LogP contribution in [0.25, 0.3) is 11.1 Å². The number of hydrogen-bond acceptors (Lipinski definition) is 7. The van der Waals surface area contributed by atoms with Crippen LogP contribution in [0, 0.1) is 0 Å². The van der Waals surface area contributed by atoms with Crippen molar-refractivity contribution in [3.05, 3.63) is 95.3 Å². The Morgan fingerprint density at radius 3 is 2.50 bits per heavy atom. The number of rotatable bonds is 11. The van der Waals surface area contributed by atoms with Crippen LogP contribution in [0.3, 0.4) is 0 Å². The van der Waals surface area contributed by atoms with Crippen LogP contribution in [-0.4, -0.2) is 68.6 Å². The molecule has 1 aliphatic carbocycles. The Morgan fingerprint density at radius 1 is 1.02 bits per heavy atom. The van der Waals surface area contributed by atoms with Crippen molar-refractivity contribution in [2.75, 3.05) is 33.4 Å². The van der Waals surface area contributed by atoms with E-state index >= 15 is 0 Å². The van der Waals surface area contributed by atoms with Gasteiger partial charge < -0.3 is 24.4 Å². The first kappa shape index (κ1) is 27.9. The number of sulfonamides is 1. The maximum absolute atomic E-state index is 13.2. The number of aliphatic hydroxyl groups is 1. The summed E-state index contributed by atoms with van der Waals surface area (Å²) in [4.78, 5) is 12.0. The van der Waals surface area contributed by atoms with Gasteiger partial charge >= 0.3 is 5.97 Å².